The molecule has 0 aromatic rings. The van der Waals surface area contributed by atoms with Crippen molar-refractivity contribution in [3.63, 3.8) is 0 Å². The Labute approximate surface area is 265 Å². The molecule has 2 atom stereocenters. The molecule has 8 nitrogen and oxygen atoms in total. The van der Waals surface area contributed by atoms with Crippen LogP contribution in [0.25, 0.3) is 0 Å². The van der Waals surface area contributed by atoms with E-state index in [1.165, 1.54) is 18.8 Å². The summed E-state index contributed by atoms with van der Waals surface area (Å²) < 4.78 is 36.8. The fraction of sp³-hybridized carbons (Fsp3) is 0.846. The van der Waals surface area contributed by atoms with E-state index in [-0.39, 0.29) is 37.5 Å². The van der Waals surface area contributed by atoms with Crippen LogP contribution >= 0.6 is 22.6 Å². The van der Waals surface area contributed by atoms with Gasteiger partial charge < -0.3 is 27.7 Å². The van der Waals surface area contributed by atoms with Crippen LogP contribution in [-0.4, -0.2) is 58.8 Å². The smallest absolute Gasteiger partial charge is 0.380 e. The van der Waals surface area contributed by atoms with Crippen LogP contribution in [0.15, 0.2) is 0 Å². The van der Waals surface area contributed by atoms with E-state index in [0.717, 1.165) is 0 Å². The molecule has 0 aliphatic rings. The van der Waals surface area contributed by atoms with E-state index in [2.05, 4.69) is 54.0 Å². The molecule has 3 N–H and O–H groups in total. The summed E-state index contributed by atoms with van der Waals surface area (Å²) in [5, 5.41) is 5.14. The van der Waals surface area contributed by atoms with Crippen molar-refractivity contribution >= 4 is 44.5 Å². The molecule has 2 unspecified atom stereocenters. The van der Waals surface area contributed by atoms with Crippen molar-refractivity contribution in [3.05, 3.63) is 12.3 Å². The van der Waals surface area contributed by atoms with Crippen LogP contribution < -0.4 is 10.6 Å². The largest absolute Gasteiger partial charge is 2.00 e. The van der Waals surface area contributed by atoms with Gasteiger partial charge in [-0.1, -0.05) is 63.6 Å². The topological polar surface area (TPSA) is 122 Å². The van der Waals surface area contributed by atoms with Gasteiger partial charge in [-0.3, -0.25) is 14.1 Å². The van der Waals surface area contributed by atoms with Crippen LogP contribution in [0.2, 0.25) is 0 Å². The number of alkyl halides is 1. The predicted octanol–water partition coefficient (Wildman–Crippen LogP) is 5.55. The maximum Gasteiger partial charge on any atom is 2.00 e. The summed E-state index contributed by atoms with van der Waals surface area (Å²) in [6.07, 6.45) is 5.05. The number of hydrogen-bond donors (Lipinski definition) is 3. The third kappa shape index (κ3) is 31.0. The average molecular weight is 887 g/mol. The Morgan fingerprint density at radius 1 is 1.16 bits per heavy atom. The molecule has 0 rings (SSSR count). The Hall–Kier alpha value is 0.592. The Bertz CT molecular complexity index is 701. The third-order valence-corrected chi connectivity index (χ3v) is 5.79. The van der Waals surface area contributed by atoms with Crippen molar-refractivity contribution in [2.75, 3.05) is 19.0 Å². The van der Waals surface area contributed by atoms with E-state index in [0.29, 0.717) is 25.6 Å². The molecule has 0 bridgehead atoms. The minimum Gasteiger partial charge on any atom is -0.380 e. The predicted molar refractivity (Wildman–Crippen MR) is 159 cm³/mol. The quantitative estimate of drug-likeness (QED) is 0.0859. The molecule has 0 heterocycles. The van der Waals surface area contributed by atoms with E-state index in [4.69, 9.17) is 9.29 Å². The Morgan fingerprint density at radius 3 is 2.03 bits per heavy atom. The molecule has 0 aromatic heterocycles. The van der Waals surface area contributed by atoms with Crippen molar-refractivity contribution in [1.29, 1.82) is 0 Å². The molecule has 0 saturated heterocycles. The van der Waals surface area contributed by atoms with Crippen LogP contribution in [-0.2, 0) is 24.4 Å². The zero-order valence-corrected chi connectivity index (χ0v) is 32.1. The van der Waals surface area contributed by atoms with Gasteiger partial charge in [0.05, 0.1) is 10.0 Å². The second-order valence-corrected chi connectivity index (χ2v) is 14.4. The van der Waals surface area contributed by atoms with Crippen LogP contribution in [0.5, 0.6) is 0 Å². The molecule has 0 aliphatic carbocycles. The number of ether oxygens (including phenoxy) is 1. The summed E-state index contributed by atoms with van der Waals surface area (Å²) in [6, 6.07) is -1.39. The first kappa shape index (κ1) is 44.6. The van der Waals surface area contributed by atoms with Gasteiger partial charge in [0.25, 0.3) is 10.1 Å². The molecular formula is C26H53IN2O6SU. The third-order valence-electron chi connectivity index (χ3n) is 4.34. The Morgan fingerprint density at radius 2 is 1.68 bits per heavy atom. The first-order chi connectivity index (χ1) is 16.3. The number of halogens is 1. The number of hydrogen-bond acceptors (Lipinski definition) is 5. The number of nitrogens with one attached hydrogen (secondary N) is 2. The first-order valence-corrected chi connectivity index (χ1v) is 15.4. The van der Waals surface area contributed by atoms with Crippen molar-refractivity contribution in [1.82, 2.24) is 10.6 Å². The summed E-state index contributed by atoms with van der Waals surface area (Å²) in [4.78, 5) is 24.9. The second-order valence-electron chi connectivity index (χ2n) is 10.3. The Kier molecular flexibility index (Phi) is 28.1. The van der Waals surface area contributed by atoms with E-state index in [1.807, 2.05) is 48.0 Å². The van der Waals surface area contributed by atoms with Gasteiger partial charge in [-0.25, -0.2) is 0 Å². The molecule has 37 heavy (non-hydrogen) atoms. The van der Waals surface area contributed by atoms with E-state index in [1.54, 1.807) is 13.8 Å². The number of carbonyl (C=O) groups excluding carboxylic acids is 2. The van der Waals surface area contributed by atoms with Crippen LogP contribution in [0.4, 0.5) is 0 Å². The van der Waals surface area contributed by atoms with E-state index in [9.17, 15) is 18.0 Å². The summed E-state index contributed by atoms with van der Waals surface area (Å²) in [6.45, 7) is 22.7. The van der Waals surface area contributed by atoms with Gasteiger partial charge in [-0.2, -0.15) is 42.0 Å². The SMILES string of the molecule is CC.CCC[C-](C)C.C[CH-]CC(C)(C)NC(=O)C(CS(=O)(=O)O)NC(=O)CC(C)(I)COCC(C)C.[U+2]. The minimum atomic E-state index is -4.46. The molecule has 0 radical (unpaired) electrons. The van der Waals surface area contributed by atoms with Crippen molar-refractivity contribution in [3.8, 4) is 0 Å². The van der Waals surface area contributed by atoms with Crippen molar-refractivity contribution < 1.29 is 58.4 Å². The normalized spacial score (nSPS) is 13.7. The second kappa shape index (κ2) is 23.3. The monoisotopic (exact) mass is 886 g/mol. The number of carbonyl (C=O) groups is 2. The van der Waals surface area contributed by atoms with Gasteiger partial charge in [0.15, 0.2) is 0 Å². The molecule has 0 fully saturated rings. The van der Waals surface area contributed by atoms with E-state index >= 15 is 0 Å². The van der Waals surface area contributed by atoms with Crippen molar-refractivity contribution in [2.45, 2.75) is 117 Å². The van der Waals surface area contributed by atoms with Gasteiger partial charge in [0, 0.05) is 18.6 Å². The molecule has 2 amide bonds. The maximum absolute atomic E-state index is 12.5. The first-order valence-electron chi connectivity index (χ1n) is 12.7. The average Bonchev–Trinajstić information content (AvgIpc) is 2.66. The maximum atomic E-state index is 12.5. The molecule has 220 valence electrons. The summed E-state index contributed by atoms with van der Waals surface area (Å²) in [7, 11) is -4.46. The summed E-state index contributed by atoms with van der Waals surface area (Å²) in [5.74, 6) is -0.138. The fourth-order valence-corrected chi connectivity index (χ4v) is 4.24. The summed E-state index contributed by atoms with van der Waals surface area (Å²) in [5.41, 5.74) is -0.615. The number of rotatable bonds is 15. The van der Waals surface area contributed by atoms with Crippen molar-refractivity contribution in [2.24, 2.45) is 5.92 Å². The molecule has 0 aliphatic heterocycles. The standard InChI is InChI=1S/C18H34IN2O6S.C6H13.C2H6.U/c1-7-8-17(4,5)21-16(23)14(11-28(24,25)26)20-15(22)9-18(6,19)12-27-10-13(2)3;1-4-5-6(2)3;1-2;/h7,13-14H,8-12H2,1-6H3,(H,20,22)(H,21,23)(H,24,25,26);4-5H2,1-3H3;1-2H3;/q2*-1;;+2. The van der Waals surface area contributed by atoms with Gasteiger partial charge in [-0.05, 0) is 26.7 Å². The molecule has 11 heteroatoms. The molecule has 0 aromatic carbocycles. The van der Waals surface area contributed by atoms with Crippen LogP contribution in [0.3, 0.4) is 0 Å². The van der Waals surface area contributed by atoms with E-state index < -0.39 is 42.7 Å². The van der Waals surface area contributed by atoms with Gasteiger partial charge in [-0.15, -0.1) is 0 Å². The minimum absolute atomic E-state index is 0. The zero-order valence-electron chi connectivity index (χ0n) is 25.0. The van der Waals surface area contributed by atoms with Crippen LogP contribution in [0, 0.1) is 49.4 Å². The fourth-order valence-electron chi connectivity index (χ4n) is 3.01. The number of amides is 2. The molecule has 0 spiro atoms. The molecular weight excluding hydrogens is 833 g/mol. The summed E-state index contributed by atoms with van der Waals surface area (Å²) >= 11 is 2.10. The van der Waals surface area contributed by atoms with Crippen LogP contribution in [0.1, 0.15) is 102 Å². The Balaban J connectivity index is -0.000000526. The molecule has 0 saturated carbocycles. The zero-order chi connectivity index (χ0) is 29.2. The van der Waals surface area contributed by atoms with Gasteiger partial charge in [0.2, 0.25) is 11.8 Å². The van der Waals surface area contributed by atoms with Gasteiger partial charge in [0.1, 0.15) is 11.8 Å². The van der Waals surface area contributed by atoms with Gasteiger partial charge >= 0.3 is 31.1 Å².